The summed E-state index contributed by atoms with van der Waals surface area (Å²) < 4.78 is 5.02. The van der Waals surface area contributed by atoms with E-state index in [2.05, 4.69) is 16.6 Å². The largest absolute Gasteiger partial charge is 0.462 e. The second-order valence-electron chi connectivity index (χ2n) is 4.72. The number of carbonyl (C=O) groups excluding carboxylic acids is 1. The number of nitrogens with one attached hydrogen (secondary N) is 1. The standard InChI is InChI=1S/C15H25N3O2S/c1-3-20-15(19)13-10-12(16)11-18-14(13)17-8-6-4-5-7-9-21-2/h10-11H,3-9,16H2,1-2H3,(H,17,18). The average molecular weight is 311 g/mol. The third-order valence-electron chi connectivity index (χ3n) is 2.97. The first-order chi connectivity index (χ1) is 10.2. The number of esters is 1. The lowest BCUT2D eigenvalue weighted by molar-refractivity contribution is 0.0527. The number of hydrogen-bond acceptors (Lipinski definition) is 6. The first kappa shape index (κ1) is 17.6. The van der Waals surface area contributed by atoms with Gasteiger partial charge in [0, 0.05) is 6.54 Å². The van der Waals surface area contributed by atoms with Crippen LogP contribution in [0.4, 0.5) is 11.5 Å². The van der Waals surface area contributed by atoms with Crippen molar-refractivity contribution in [2.75, 3.05) is 36.2 Å². The number of carbonyl (C=O) groups is 1. The number of unbranched alkanes of at least 4 members (excludes halogenated alkanes) is 3. The molecule has 0 saturated carbocycles. The molecule has 21 heavy (non-hydrogen) atoms. The lowest BCUT2D eigenvalue weighted by Gasteiger charge is -2.11. The summed E-state index contributed by atoms with van der Waals surface area (Å²) in [4.78, 5) is 16.1. The fraction of sp³-hybridized carbons (Fsp3) is 0.600. The number of aromatic nitrogens is 1. The molecule has 0 radical (unpaired) electrons. The fourth-order valence-corrected chi connectivity index (χ4v) is 2.41. The minimum absolute atomic E-state index is 0.336. The van der Waals surface area contributed by atoms with Gasteiger partial charge in [0.25, 0.3) is 0 Å². The second kappa shape index (κ2) is 10.3. The summed E-state index contributed by atoms with van der Waals surface area (Å²) in [6.45, 7) is 2.91. The van der Waals surface area contributed by atoms with Crippen LogP contribution in [0.25, 0.3) is 0 Å². The van der Waals surface area contributed by atoms with Crippen LogP contribution in [0.1, 0.15) is 43.0 Å². The van der Waals surface area contributed by atoms with Crippen molar-refractivity contribution in [2.45, 2.75) is 32.6 Å². The van der Waals surface area contributed by atoms with Gasteiger partial charge in [0.15, 0.2) is 0 Å². The van der Waals surface area contributed by atoms with Crippen LogP contribution in [-0.2, 0) is 4.74 Å². The molecule has 0 aliphatic heterocycles. The van der Waals surface area contributed by atoms with Crippen LogP contribution in [0.15, 0.2) is 12.3 Å². The SMILES string of the molecule is CCOC(=O)c1cc(N)cnc1NCCCCCCSC. The number of thioether (sulfide) groups is 1. The Balaban J connectivity index is 2.45. The van der Waals surface area contributed by atoms with Gasteiger partial charge in [-0.1, -0.05) is 12.8 Å². The van der Waals surface area contributed by atoms with Crippen molar-refractivity contribution in [3.05, 3.63) is 17.8 Å². The summed E-state index contributed by atoms with van der Waals surface area (Å²) in [6, 6.07) is 1.60. The molecule has 1 rings (SSSR count). The van der Waals surface area contributed by atoms with Crippen LogP contribution in [0, 0.1) is 0 Å². The van der Waals surface area contributed by atoms with Crippen molar-refractivity contribution >= 4 is 29.2 Å². The van der Waals surface area contributed by atoms with E-state index < -0.39 is 0 Å². The Bertz CT molecular complexity index is 441. The van der Waals surface area contributed by atoms with Gasteiger partial charge < -0.3 is 15.8 Å². The van der Waals surface area contributed by atoms with Crippen molar-refractivity contribution in [3.8, 4) is 0 Å². The molecule has 0 aromatic carbocycles. The van der Waals surface area contributed by atoms with E-state index >= 15 is 0 Å². The molecule has 3 N–H and O–H groups in total. The highest BCUT2D eigenvalue weighted by molar-refractivity contribution is 7.98. The van der Waals surface area contributed by atoms with Gasteiger partial charge in [0.1, 0.15) is 11.4 Å². The van der Waals surface area contributed by atoms with Crippen molar-refractivity contribution in [3.63, 3.8) is 0 Å². The Morgan fingerprint density at radius 1 is 1.38 bits per heavy atom. The minimum atomic E-state index is -0.389. The summed E-state index contributed by atoms with van der Waals surface area (Å²) in [5.41, 5.74) is 6.55. The summed E-state index contributed by atoms with van der Waals surface area (Å²) >= 11 is 1.88. The molecule has 0 saturated heterocycles. The first-order valence-electron chi connectivity index (χ1n) is 7.34. The molecule has 0 unspecified atom stereocenters. The lowest BCUT2D eigenvalue weighted by atomic mass is 10.2. The molecular formula is C15H25N3O2S. The molecule has 6 heteroatoms. The van der Waals surface area contributed by atoms with Crippen LogP contribution in [0.2, 0.25) is 0 Å². The molecule has 0 fully saturated rings. The van der Waals surface area contributed by atoms with E-state index in [0.29, 0.717) is 23.7 Å². The average Bonchev–Trinajstić information content (AvgIpc) is 2.47. The van der Waals surface area contributed by atoms with E-state index in [-0.39, 0.29) is 5.97 Å². The number of nitrogens with two attached hydrogens (primary N) is 1. The highest BCUT2D eigenvalue weighted by Gasteiger charge is 2.14. The van der Waals surface area contributed by atoms with E-state index in [0.717, 1.165) is 13.0 Å². The van der Waals surface area contributed by atoms with E-state index in [1.54, 1.807) is 19.2 Å². The second-order valence-corrected chi connectivity index (χ2v) is 5.70. The van der Waals surface area contributed by atoms with Crippen LogP contribution < -0.4 is 11.1 Å². The van der Waals surface area contributed by atoms with Gasteiger partial charge in [-0.2, -0.15) is 11.8 Å². The van der Waals surface area contributed by atoms with Gasteiger partial charge in [0.05, 0.1) is 18.5 Å². The zero-order valence-corrected chi connectivity index (χ0v) is 13.7. The van der Waals surface area contributed by atoms with E-state index in [1.165, 1.54) is 25.0 Å². The van der Waals surface area contributed by atoms with Gasteiger partial charge in [-0.25, -0.2) is 9.78 Å². The van der Waals surface area contributed by atoms with Gasteiger partial charge in [-0.3, -0.25) is 0 Å². The van der Waals surface area contributed by atoms with E-state index in [9.17, 15) is 4.79 Å². The monoisotopic (exact) mass is 311 g/mol. The molecule has 0 amide bonds. The Labute approximate surface area is 131 Å². The molecule has 0 bridgehead atoms. The third kappa shape index (κ3) is 6.71. The summed E-state index contributed by atoms with van der Waals surface area (Å²) in [5, 5.41) is 3.20. The van der Waals surface area contributed by atoms with Crippen molar-refractivity contribution in [2.24, 2.45) is 0 Å². The molecule has 0 spiro atoms. The molecule has 1 aromatic heterocycles. The predicted octanol–water partition coefficient (Wildman–Crippen LogP) is 3.18. The van der Waals surface area contributed by atoms with Gasteiger partial charge in [0.2, 0.25) is 0 Å². The molecule has 0 aliphatic carbocycles. The number of nitrogen functional groups attached to an aromatic ring is 1. The fourth-order valence-electron chi connectivity index (χ4n) is 1.92. The number of hydrogen-bond donors (Lipinski definition) is 2. The smallest absolute Gasteiger partial charge is 0.341 e. The van der Waals surface area contributed by atoms with Crippen LogP contribution in [0.3, 0.4) is 0 Å². The normalized spacial score (nSPS) is 10.4. The molecule has 0 aliphatic rings. The highest BCUT2D eigenvalue weighted by Crippen LogP contribution is 2.17. The van der Waals surface area contributed by atoms with Gasteiger partial charge in [-0.05, 0) is 37.8 Å². The maximum absolute atomic E-state index is 11.9. The lowest BCUT2D eigenvalue weighted by Crippen LogP contribution is -2.13. The third-order valence-corrected chi connectivity index (χ3v) is 3.67. The number of pyridine rings is 1. The predicted molar refractivity (Wildman–Crippen MR) is 89.9 cm³/mol. The molecule has 1 heterocycles. The van der Waals surface area contributed by atoms with Crippen LogP contribution in [-0.4, -0.2) is 36.1 Å². The van der Waals surface area contributed by atoms with Gasteiger partial charge >= 0.3 is 5.97 Å². The summed E-state index contributed by atoms with van der Waals surface area (Å²) in [5.74, 6) is 1.38. The number of anilines is 2. The number of ether oxygens (including phenoxy) is 1. The first-order valence-corrected chi connectivity index (χ1v) is 8.73. The molecular weight excluding hydrogens is 286 g/mol. The zero-order valence-electron chi connectivity index (χ0n) is 12.9. The van der Waals surface area contributed by atoms with E-state index in [4.69, 9.17) is 10.5 Å². The van der Waals surface area contributed by atoms with Crippen molar-refractivity contribution in [1.82, 2.24) is 4.98 Å². The quantitative estimate of drug-likeness (QED) is 0.510. The Kier molecular flexibility index (Phi) is 8.66. The summed E-state index contributed by atoms with van der Waals surface area (Å²) in [6.07, 6.45) is 8.41. The zero-order chi connectivity index (χ0) is 15.5. The van der Waals surface area contributed by atoms with Gasteiger partial charge in [-0.15, -0.1) is 0 Å². The topological polar surface area (TPSA) is 77.2 Å². The minimum Gasteiger partial charge on any atom is -0.462 e. The molecule has 0 atom stereocenters. The maximum Gasteiger partial charge on any atom is 0.341 e. The Hall–Kier alpha value is -1.43. The number of nitrogens with zero attached hydrogens (tertiary/aromatic N) is 1. The van der Waals surface area contributed by atoms with E-state index in [1.807, 2.05) is 11.8 Å². The maximum atomic E-state index is 11.9. The Morgan fingerprint density at radius 2 is 2.14 bits per heavy atom. The van der Waals surface area contributed by atoms with Crippen molar-refractivity contribution in [1.29, 1.82) is 0 Å². The summed E-state index contributed by atoms with van der Waals surface area (Å²) in [7, 11) is 0. The van der Waals surface area contributed by atoms with Crippen LogP contribution >= 0.6 is 11.8 Å². The highest BCUT2D eigenvalue weighted by atomic mass is 32.2. The molecule has 118 valence electrons. The Morgan fingerprint density at radius 3 is 2.86 bits per heavy atom. The number of rotatable bonds is 10. The molecule has 5 nitrogen and oxygen atoms in total. The molecule has 1 aromatic rings. The van der Waals surface area contributed by atoms with Crippen molar-refractivity contribution < 1.29 is 9.53 Å². The van der Waals surface area contributed by atoms with Crippen LogP contribution in [0.5, 0.6) is 0 Å².